The van der Waals surface area contributed by atoms with E-state index in [9.17, 15) is 4.79 Å². The van der Waals surface area contributed by atoms with E-state index in [2.05, 4.69) is 20.8 Å². The van der Waals surface area contributed by atoms with E-state index in [1.165, 1.54) is 0 Å². The number of benzene rings is 3. The van der Waals surface area contributed by atoms with Gasteiger partial charge in [0.1, 0.15) is 17.3 Å². The van der Waals surface area contributed by atoms with Crippen molar-refractivity contribution in [2.75, 3.05) is 30.6 Å². The molecular weight excluding hydrogens is 430 g/mol. The Bertz CT molecular complexity index is 1270. The van der Waals surface area contributed by atoms with Crippen LogP contribution in [0.2, 0.25) is 0 Å². The fraction of sp³-hybridized carbons (Fsp3) is 0.154. The molecule has 4 aromatic rings. The predicted octanol–water partition coefficient (Wildman–Crippen LogP) is 4.85. The molecule has 0 radical (unpaired) electrons. The van der Waals surface area contributed by atoms with Crippen LogP contribution in [0, 0.1) is 6.92 Å². The van der Waals surface area contributed by atoms with Crippen molar-refractivity contribution in [3.05, 3.63) is 83.4 Å². The SMILES string of the molecule is COc1cc(-c2cc(NCc3ccc(C(=O)Nc4ccccc4N)cc3)n[nH]2)cc(OC)c1C. The zero-order valence-electron chi connectivity index (χ0n) is 19.3. The van der Waals surface area contributed by atoms with Crippen LogP contribution in [0.25, 0.3) is 11.3 Å². The average molecular weight is 458 g/mol. The van der Waals surface area contributed by atoms with E-state index in [0.717, 1.165) is 33.9 Å². The molecule has 5 N–H and O–H groups in total. The third-order valence-electron chi connectivity index (χ3n) is 5.54. The maximum atomic E-state index is 12.5. The number of amides is 1. The highest BCUT2D eigenvalue weighted by molar-refractivity contribution is 6.05. The number of carbonyl (C=O) groups excluding carboxylic acids is 1. The summed E-state index contributed by atoms with van der Waals surface area (Å²) in [7, 11) is 3.27. The third-order valence-corrected chi connectivity index (χ3v) is 5.54. The van der Waals surface area contributed by atoms with Gasteiger partial charge in [-0.1, -0.05) is 24.3 Å². The smallest absolute Gasteiger partial charge is 0.255 e. The first kappa shape index (κ1) is 22.7. The van der Waals surface area contributed by atoms with Gasteiger partial charge in [-0.25, -0.2) is 0 Å². The van der Waals surface area contributed by atoms with Gasteiger partial charge in [0.25, 0.3) is 5.91 Å². The molecule has 0 atom stereocenters. The maximum absolute atomic E-state index is 12.5. The lowest BCUT2D eigenvalue weighted by Gasteiger charge is -2.11. The summed E-state index contributed by atoms with van der Waals surface area (Å²) < 4.78 is 10.9. The van der Waals surface area contributed by atoms with Crippen LogP contribution < -0.4 is 25.8 Å². The topological polar surface area (TPSA) is 114 Å². The molecule has 0 unspecified atom stereocenters. The van der Waals surface area contributed by atoms with Crippen LogP contribution in [0.5, 0.6) is 11.5 Å². The highest BCUT2D eigenvalue weighted by Crippen LogP contribution is 2.34. The lowest BCUT2D eigenvalue weighted by molar-refractivity contribution is 0.102. The minimum atomic E-state index is -0.210. The van der Waals surface area contributed by atoms with E-state index in [1.54, 1.807) is 38.5 Å². The van der Waals surface area contributed by atoms with E-state index in [-0.39, 0.29) is 5.91 Å². The number of carbonyl (C=O) groups is 1. The highest BCUT2D eigenvalue weighted by atomic mass is 16.5. The molecule has 8 heteroatoms. The number of nitrogen functional groups attached to an aromatic ring is 1. The Balaban J connectivity index is 1.39. The van der Waals surface area contributed by atoms with Crippen LogP contribution in [-0.2, 0) is 6.54 Å². The molecule has 0 aliphatic rings. The van der Waals surface area contributed by atoms with Crippen LogP contribution >= 0.6 is 0 Å². The molecule has 0 saturated carbocycles. The Morgan fingerprint density at radius 1 is 1.00 bits per heavy atom. The van der Waals surface area contributed by atoms with Gasteiger partial charge in [0, 0.05) is 29.3 Å². The first-order valence-electron chi connectivity index (χ1n) is 10.8. The van der Waals surface area contributed by atoms with Gasteiger partial charge in [-0.2, -0.15) is 5.10 Å². The molecule has 174 valence electrons. The average Bonchev–Trinajstić information content (AvgIpc) is 3.34. The van der Waals surface area contributed by atoms with Gasteiger partial charge >= 0.3 is 0 Å². The largest absolute Gasteiger partial charge is 0.496 e. The molecular formula is C26H27N5O3. The van der Waals surface area contributed by atoms with Gasteiger partial charge in [-0.15, -0.1) is 0 Å². The number of H-pyrrole nitrogens is 1. The van der Waals surface area contributed by atoms with Crippen molar-refractivity contribution < 1.29 is 14.3 Å². The molecule has 1 heterocycles. The maximum Gasteiger partial charge on any atom is 0.255 e. The highest BCUT2D eigenvalue weighted by Gasteiger charge is 2.12. The Morgan fingerprint density at radius 3 is 2.32 bits per heavy atom. The number of aromatic nitrogens is 2. The minimum Gasteiger partial charge on any atom is -0.496 e. The molecule has 4 rings (SSSR count). The third kappa shape index (κ3) is 4.96. The monoisotopic (exact) mass is 457 g/mol. The van der Waals surface area contributed by atoms with E-state index in [1.807, 2.05) is 49.4 Å². The molecule has 0 spiro atoms. The summed E-state index contributed by atoms with van der Waals surface area (Å²) in [6.45, 7) is 2.51. The van der Waals surface area contributed by atoms with Gasteiger partial charge < -0.3 is 25.8 Å². The summed E-state index contributed by atoms with van der Waals surface area (Å²) in [4.78, 5) is 12.5. The molecule has 1 aromatic heterocycles. The fourth-order valence-electron chi connectivity index (χ4n) is 3.57. The number of hydrogen-bond acceptors (Lipinski definition) is 6. The zero-order chi connectivity index (χ0) is 24.1. The van der Waals surface area contributed by atoms with Crippen LogP contribution in [0.15, 0.2) is 66.7 Å². The summed E-state index contributed by atoms with van der Waals surface area (Å²) in [5.41, 5.74) is 11.3. The van der Waals surface area contributed by atoms with E-state index >= 15 is 0 Å². The second-order valence-corrected chi connectivity index (χ2v) is 7.76. The van der Waals surface area contributed by atoms with Gasteiger partial charge in [0.05, 0.1) is 31.3 Å². The van der Waals surface area contributed by atoms with E-state index in [4.69, 9.17) is 15.2 Å². The molecule has 8 nitrogen and oxygen atoms in total. The molecule has 3 aromatic carbocycles. The summed E-state index contributed by atoms with van der Waals surface area (Å²) in [5, 5.41) is 13.5. The number of nitrogens with one attached hydrogen (secondary N) is 3. The van der Waals surface area contributed by atoms with Crippen LogP contribution in [-0.4, -0.2) is 30.3 Å². The molecule has 0 fully saturated rings. The number of nitrogens with two attached hydrogens (primary N) is 1. The normalized spacial score (nSPS) is 10.6. The summed E-state index contributed by atoms with van der Waals surface area (Å²) in [6, 6.07) is 20.4. The molecule has 0 aliphatic carbocycles. The Hall–Kier alpha value is -4.46. The summed E-state index contributed by atoms with van der Waals surface area (Å²) in [6.07, 6.45) is 0. The standard InChI is InChI=1S/C26H27N5O3/c1-16-23(33-2)12-19(13-24(16)34-3)22-14-25(31-30-22)28-15-17-8-10-18(11-9-17)26(32)29-21-7-5-4-6-20(21)27/h4-14H,15,27H2,1-3H3,(H,29,32)(H2,28,30,31). The molecule has 34 heavy (non-hydrogen) atoms. The summed E-state index contributed by atoms with van der Waals surface area (Å²) >= 11 is 0. The molecule has 0 saturated heterocycles. The number of anilines is 3. The van der Waals surface area contributed by atoms with E-state index in [0.29, 0.717) is 29.3 Å². The van der Waals surface area contributed by atoms with Gasteiger partial charge in [-0.3, -0.25) is 9.89 Å². The number of ether oxygens (including phenoxy) is 2. The molecule has 1 amide bonds. The first-order valence-corrected chi connectivity index (χ1v) is 10.8. The van der Waals surface area contributed by atoms with Crippen molar-refractivity contribution >= 4 is 23.1 Å². The lowest BCUT2D eigenvalue weighted by atomic mass is 10.1. The van der Waals surface area contributed by atoms with Crippen molar-refractivity contribution in [2.45, 2.75) is 13.5 Å². The Kier molecular flexibility index (Phi) is 6.68. The number of methoxy groups -OCH3 is 2. The van der Waals surface area contributed by atoms with Gasteiger partial charge in [-0.05, 0) is 48.9 Å². The molecule has 0 bridgehead atoms. The van der Waals surface area contributed by atoms with Crippen molar-refractivity contribution in [3.8, 4) is 22.8 Å². The second kappa shape index (κ2) is 9.99. The second-order valence-electron chi connectivity index (χ2n) is 7.76. The number of rotatable bonds is 8. The van der Waals surface area contributed by atoms with Crippen molar-refractivity contribution in [1.82, 2.24) is 10.2 Å². The zero-order valence-corrected chi connectivity index (χ0v) is 19.3. The number of aromatic amines is 1. The lowest BCUT2D eigenvalue weighted by Crippen LogP contribution is -2.13. The van der Waals surface area contributed by atoms with Crippen molar-refractivity contribution in [1.29, 1.82) is 0 Å². The Labute approximate surface area is 198 Å². The first-order chi connectivity index (χ1) is 16.5. The number of para-hydroxylation sites is 2. The van der Waals surface area contributed by atoms with Crippen molar-refractivity contribution in [2.24, 2.45) is 0 Å². The fourth-order valence-corrected chi connectivity index (χ4v) is 3.57. The van der Waals surface area contributed by atoms with Crippen LogP contribution in [0.1, 0.15) is 21.5 Å². The van der Waals surface area contributed by atoms with Crippen molar-refractivity contribution in [3.63, 3.8) is 0 Å². The van der Waals surface area contributed by atoms with Crippen LogP contribution in [0.3, 0.4) is 0 Å². The van der Waals surface area contributed by atoms with E-state index < -0.39 is 0 Å². The number of hydrogen-bond donors (Lipinski definition) is 4. The Morgan fingerprint density at radius 2 is 1.68 bits per heavy atom. The van der Waals surface area contributed by atoms with Gasteiger partial charge in [0.15, 0.2) is 0 Å². The predicted molar refractivity (Wildman–Crippen MR) is 134 cm³/mol. The summed E-state index contributed by atoms with van der Waals surface area (Å²) in [5.74, 6) is 1.99. The number of nitrogens with zero attached hydrogens (tertiary/aromatic N) is 1. The van der Waals surface area contributed by atoms with Crippen LogP contribution in [0.4, 0.5) is 17.2 Å². The molecule has 0 aliphatic heterocycles. The van der Waals surface area contributed by atoms with Gasteiger partial charge in [0.2, 0.25) is 0 Å². The quantitative estimate of drug-likeness (QED) is 0.281. The minimum absolute atomic E-state index is 0.210.